The maximum absolute atomic E-state index is 15.7. The van der Waals surface area contributed by atoms with Gasteiger partial charge in [0.15, 0.2) is 17.5 Å². The topological polar surface area (TPSA) is 590 Å². The van der Waals surface area contributed by atoms with Crippen LogP contribution in [0.2, 0.25) is 0 Å². The molecule has 44 heteroatoms. The number of primary amides is 1. The molecule has 15 amide bonds. The molecule has 40 nitrogen and oxygen atoms in total. The van der Waals surface area contributed by atoms with E-state index in [0.717, 1.165) is 31.5 Å². The summed E-state index contributed by atoms with van der Waals surface area (Å²) in [5, 5.41) is 75.6. The molecule has 5 aromatic carbocycles. The van der Waals surface area contributed by atoms with Crippen molar-refractivity contribution in [3.63, 3.8) is 0 Å². The molecule has 1 aromatic heterocycles. The Morgan fingerprint density at radius 2 is 1.08 bits per heavy atom. The van der Waals surface area contributed by atoms with Gasteiger partial charge >= 0.3 is 17.9 Å². The third-order valence-corrected chi connectivity index (χ3v) is 25.2. The highest BCUT2D eigenvalue weighted by Gasteiger charge is 2.48. The monoisotopic (exact) mass is 1940 g/mol. The number of aliphatic hydroxyl groups is 1. The molecule has 3 fully saturated rings. The van der Waals surface area contributed by atoms with Crippen LogP contribution in [-0.2, 0) is 125 Å². The number of carboxylic acids is 3. The first kappa shape index (κ1) is 108. The number of nitrogens with two attached hydrogens (primary N) is 2. The number of unbranched alkanes of at least 4 members (excludes halogenated alkanes) is 1. The molecule has 14 atom stereocenters. The number of nitrogens with zero attached hydrogens (tertiary/aromatic N) is 6. The number of thioether (sulfide) groups is 1. The van der Waals surface area contributed by atoms with Crippen LogP contribution >= 0.6 is 11.8 Å². The third-order valence-electron chi connectivity index (χ3n) is 24.2. The Balaban J connectivity index is 1.16. The van der Waals surface area contributed by atoms with Crippen molar-refractivity contribution >= 4 is 129 Å². The first-order valence-corrected chi connectivity index (χ1v) is 46.3. The van der Waals surface area contributed by atoms with Gasteiger partial charge in [0.25, 0.3) is 0 Å². The fourth-order valence-corrected chi connectivity index (χ4v) is 17.7. The number of carboxylic acid groups (broad SMARTS) is 3. The molecule has 0 unspecified atom stereocenters. The minimum absolute atomic E-state index is 0.136. The first-order chi connectivity index (χ1) is 65.6. The number of aliphatic hydroxyl groups excluding tert-OH is 1. The summed E-state index contributed by atoms with van der Waals surface area (Å²) in [6.45, 7) is 2.11. The highest BCUT2D eigenvalue weighted by atomic mass is 32.2. The number of hydrogen-bond acceptors (Lipinski definition) is 22. The number of phenolic OH excluding ortho intramolecular Hbond substituents is 1. The molecule has 0 bridgehead atoms. The predicted octanol–water partition coefficient (Wildman–Crippen LogP) is -0.0528. The van der Waals surface area contributed by atoms with Gasteiger partial charge in [-0.2, -0.15) is 0 Å². The number of carbonyl (C=O) groups excluding carboxylic acids is 15. The van der Waals surface area contributed by atoms with E-state index in [2.05, 4.69) is 47.9 Å². The second-order valence-electron chi connectivity index (χ2n) is 34.7. The van der Waals surface area contributed by atoms with Gasteiger partial charge in [0.05, 0.1) is 24.8 Å². The van der Waals surface area contributed by atoms with Crippen LogP contribution in [0.15, 0.2) is 128 Å². The third kappa shape index (κ3) is 29.7. The zero-order valence-corrected chi connectivity index (χ0v) is 77.8. The van der Waals surface area contributed by atoms with Crippen LogP contribution in [-0.4, -0.2) is 305 Å². The number of piperidine rings is 1. The number of nitrogens with one attached hydrogen (secondary N) is 9. The zero-order valence-electron chi connectivity index (χ0n) is 77.0. The predicted molar refractivity (Wildman–Crippen MR) is 493 cm³/mol. The lowest BCUT2D eigenvalue weighted by molar-refractivity contribution is -0.152. The van der Waals surface area contributed by atoms with Gasteiger partial charge in [-0.15, -0.1) is 11.8 Å². The molecule has 3 saturated heterocycles. The van der Waals surface area contributed by atoms with Gasteiger partial charge in [0.2, 0.25) is 88.6 Å². The van der Waals surface area contributed by atoms with Gasteiger partial charge < -0.3 is 114 Å². The van der Waals surface area contributed by atoms with Crippen molar-refractivity contribution in [2.75, 3.05) is 58.8 Å². The lowest BCUT2D eigenvalue weighted by Crippen LogP contribution is -2.63. The fraction of sp³-hybridized carbons (Fsp3) is 0.468. The van der Waals surface area contributed by atoms with Gasteiger partial charge in [-0.25, -0.2) is 13.2 Å². The lowest BCUT2D eigenvalue weighted by atomic mass is 9.97. The van der Waals surface area contributed by atoms with E-state index in [0.29, 0.717) is 52.3 Å². The number of benzene rings is 5. The van der Waals surface area contributed by atoms with Gasteiger partial charge in [-0.1, -0.05) is 125 Å². The van der Waals surface area contributed by atoms with Crippen molar-refractivity contribution in [3.05, 3.63) is 173 Å². The van der Waals surface area contributed by atoms with E-state index < -0.39 is 303 Å². The Hall–Kier alpha value is -14.0. The van der Waals surface area contributed by atoms with Crippen LogP contribution in [0.4, 0.5) is 13.2 Å². The summed E-state index contributed by atoms with van der Waals surface area (Å²) in [5.74, 6) is -28.6. The number of para-hydroxylation sites is 1. The Kier molecular flexibility index (Phi) is 39.5. The Labute approximate surface area is 796 Å². The maximum Gasteiger partial charge on any atom is 0.323 e. The number of aromatic nitrogens is 1. The number of amides is 15. The van der Waals surface area contributed by atoms with Gasteiger partial charge in [0, 0.05) is 102 Å². The Morgan fingerprint density at radius 3 is 1.69 bits per heavy atom. The fourth-order valence-electron chi connectivity index (χ4n) is 16.8. The standard InChI is InChI=1S/C94H118F3N17O23S/c1-7-8-24-71-93(136)114-47-58(116)43-73(114)89(132)106-66(44-78(121)122)86(129)108-81(51(2)3)94(137)110(5)72(40-52-19-11-9-12-20-52)88(131)103-63(31-32-77(119)120)91(134)113-35-18-17-26-70(113)87(130)105-65(42-56-46-112(48-79(123)124)69-25-16-15-23-59(56)69)85(128)104-64(38-54-27-29-57(115)30-28-54)84(127)102-62(33-34-98)83(126)107-68(82(125)100-45-75(99)117)49-138-50-76(118)101-67(39-55-36-60(95)80(97)61(96)37-55)90(133)111(6)74(92(135)109(71)4)41-53-21-13-10-14-22-53/h9-16,19-23,25,27-30,36-37,46,51,58,62-68,70-74,81,115-116H,7-8,17-18,24,26,31-35,38-45,47-50,98H2,1-6H3,(H2,99,117)(H,100,125)(H,101,118)(H,102,127)(H,103,131)(H,104,128)(H,105,130)(H,106,132)(H,107,126)(H,108,129)(H,119,120)(H,121,122)(H,123,124)/t58-,62-,63-,64-,65-,66-,67-,68+,70+,71+,72-,73+,74-,81+/m0/s1. The second kappa shape index (κ2) is 50.7. The summed E-state index contributed by atoms with van der Waals surface area (Å²) in [5.41, 5.74) is 12.8. The summed E-state index contributed by atoms with van der Waals surface area (Å²) in [6, 6.07) is 6.06. The van der Waals surface area contributed by atoms with E-state index in [1.54, 1.807) is 91.9 Å². The lowest BCUT2D eigenvalue weighted by Gasteiger charge is -2.38. The minimum Gasteiger partial charge on any atom is -0.508 e. The summed E-state index contributed by atoms with van der Waals surface area (Å²) in [7, 11) is 3.53. The maximum atomic E-state index is 15.7. The van der Waals surface area contributed by atoms with Crippen molar-refractivity contribution in [1.29, 1.82) is 0 Å². The van der Waals surface area contributed by atoms with Crippen LogP contribution in [0.3, 0.4) is 0 Å². The van der Waals surface area contributed by atoms with Crippen molar-refractivity contribution in [3.8, 4) is 5.75 Å². The molecule has 9 rings (SSSR count). The van der Waals surface area contributed by atoms with Gasteiger partial charge in [-0.05, 0) is 109 Å². The number of fused-ring (bicyclic) bond motifs is 3. The highest BCUT2D eigenvalue weighted by Crippen LogP contribution is 2.30. The molecule has 18 N–H and O–H groups in total. The summed E-state index contributed by atoms with van der Waals surface area (Å²) in [4.78, 5) is 268. The van der Waals surface area contributed by atoms with Gasteiger partial charge in [0.1, 0.15) is 90.8 Å². The largest absolute Gasteiger partial charge is 0.508 e. The molecule has 138 heavy (non-hydrogen) atoms. The van der Waals surface area contributed by atoms with Crippen molar-refractivity contribution in [2.24, 2.45) is 17.4 Å². The highest BCUT2D eigenvalue weighted by molar-refractivity contribution is 8.00. The van der Waals surface area contributed by atoms with Gasteiger partial charge in [-0.3, -0.25) is 86.3 Å². The molecule has 4 heterocycles. The normalized spacial score (nSPS) is 23.7. The van der Waals surface area contributed by atoms with E-state index in [-0.39, 0.29) is 74.9 Å². The number of rotatable bonds is 26. The van der Waals surface area contributed by atoms with E-state index in [4.69, 9.17) is 11.5 Å². The van der Waals surface area contributed by atoms with Crippen molar-refractivity contribution in [2.45, 2.75) is 215 Å². The van der Waals surface area contributed by atoms with E-state index in [1.807, 2.05) is 0 Å². The van der Waals surface area contributed by atoms with Crippen LogP contribution in [0, 0.1) is 23.4 Å². The molecule has 6 aromatic rings. The second-order valence-corrected chi connectivity index (χ2v) is 35.8. The molecule has 744 valence electrons. The van der Waals surface area contributed by atoms with E-state index >= 15 is 51.9 Å². The number of carbonyl (C=O) groups is 18. The number of phenols is 1. The molecular formula is C94H118F3N17O23S. The van der Waals surface area contributed by atoms with Crippen molar-refractivity contribution in [1.82, 2.24) is 76.9 Å². The SMILES string of the molecule is CCCC[C@@H]1C(=O)N2C[C@@H](O)C[C@@H]2C(=O)N[C@@H](CC(=O)O)C(=O)N[C@H](C(C)C)C(=O)N(C)[C@@H](Cc2ccccc2)C(=O)N[C@@H](CCC(=O)O)C(=O)N2CCCC[C@@H]2C(=O)N[C@@H](Cc2cn(CC(=O)O)c3ccccc23)C(=O)N[C@@H](Cc2ccc(O)cc2)C(=O)N[C@@H](CCN)C(=O)N[C@@H](C(=O)NCC(N)=O)CSCC(=O)N[C@@H](Cc2cc(F)c(F)c(F)c2)C(=O)N(C)[C@@H](Cc2ccccc2)C(=O)N1C. The number of halogens is 3. The smallest absolute Gasteiger partial charge is 0.323 e. The van der Waals surface area contributed by atoms with Crippen LogP contribution in [0.5, 0.6) is 5.75 Å². The quantitative estimate of drug-likeness (QED) is 0.0317. The molecule has 0 aliphatic carbocycles. The Bertz CT molecular complexity index is 5410. The summed E-state index contributed by atoms with van der Waals surface area (Å²) < 4.78 is 46.5. The summed E-state index contributed by atoms with van der Waals surface area (Å²) >= 11 is 0.605. The molecular weight excluding hydrogens is 1820 g/mol. The number of aliphatic carboxylic acids is 3. The Morgan fingerprint density at radius 1 is 0.529 bits per heavy atom. The minimum atomic E-state index is -2.08. The van der Waals surface area contributed by atoms with Crippen LogP contribution < -0.4 is 59.3 Å². The van der Waals surface area contributed by atoms with Crippen molar-refractivity contribution < 1.29 is 125 Å². The number of likely N-dealkylation sites (N-methyl/N-ethyl adjacent to an activating group) is 3. The summed E-state index contributed by atoms with van der Waals surface area (Å²) in [6.07, 6.45) is -5.33. The van der Waals surface area contributed by atoms with Crippen LogP contribution in [0.25, 0.3) is 10.9 Å². The molecule has 0 radical (unpaired) electrons. The molecule has 0 spiro atoms. The molecule has 3 aliphatic rings. The average Bonchev–Trinajstić information content (AvgIpc) is 1.63. The average molecular weight is 1940 g/mol. The van der Waals surface area contributed by atoms with E-state index in [9.17, 15) is 73.1 Å². The number of aromatic hydroxyl groups is 1. The number of hydrogen-bond donors (Lipinski definition) is 16. The zero-order chi connectivity index (χ0) is 101. The first-order valence-electron chi connectivity index (χ1n) is 45.1. The van der Waals surface area contributed by atoms with E-state index in [1.165, 1.54) is 63.0 Å². The molecule has 3 aliphatic heterocycles. The molecule has 0 saturated carbocycles. The van der Waals surface area contributed by atoms with Crippen LogP contribution in [0.1, 0.15) is 119 Å².